The Kier molecular flexibility index (Phi) is 7.84. The summed E-state index contributed by atoms with van der Waals surface area (Å²) in [5.41, 5.74) is 0.904. The molecule has 1 atom stereocenters. The number of nitrogens with zero attached hydrogens (tertiary/aromatic N) is 2. The van der Waals surface area contributed by atoms with Gasteiger partial charge in [-0.15, -0.1) is 0 Å². The maximum Gasteiger partial charge on any atom is 0.350 e. The van der Waals surface area contributed by atoms with Gasteiger partial charge in [0.2, 0.25) is 0 Å². The van der Waals surface area contributed by atoms with E-state index < -0.39 is 23.7 Å². The SMILES string of the molecule is C=CCOC(=O)c1sc(N2C(=O)C(=O)/C(=C(\O)c3ccc(Cl)cc3)C2c2ccc(OC)c(OC)c2)nc1C. The Balaban J connectivity index is 1.92. The molecule has 196 valence electrons. The summed E-state index contributed by atoms with van der Waals surface area (Å²) in [5.74, 6) is -2.07. The second-order valence-electron chi connectivity index (χ2n) is 8.09. The molecule has 1 saturated heterocycles. The number of halogens is 1. The number of aliphatic hydroxyl groups is 1. The molecule has 4 rings (SSSR count). The molecule has 1 amide bonds. The number of ketones is 1. The fourth-order valence-corrected chi connectivity index (χ4v) is 5.12. The number of aromatic nitrogens is 1. The van der Waals surface area contributed by atoms with E-state index in [1.54, 1.807) is 37.3 Å². The molecular weight excluding hydrogens is 532 g/mol. The number of esters is 1. The van der Waals surface area contributed by atoms with E-state index in [2.05, 4.69) is 11.6 Å². The maximum absolute atomic E-state index is 13.4. The van der Waals surface area contributed by atoms with Gasteiger partial charge < -0.3 is 19.3 Å². The molecule has 3 aromatic rings. The molecule has 0 saturated carbocycles. The number of hydrogen-bond acceptors (Lipinski definition) is 9. The van der Waals surface area contributed by atoms with Gasteiger partial charge in [0.15, 0.2) is 16.6 Å². The number of carbonyl (C=O) groups excluding carboxylic acids is 3. The van der Waals surface area contributed by atoms with Gasteiger partial charge in [-0.25, -0.2) is 9.78 Å². The van der Waals surface area contributed by atoms with E-state index in [4.69, 9.17) is 25.8 Å². The number of methoxy groups -OCH3 is 2. The van der Waals surface area contributed by atoms with Crippen LogP contribution < -0.4 is 14.4 Å². The lowest BCUT2D eigenvalue weighted by Gasteiger charge is -2.23. The average molecular weight is 555 g/mol. The number of ether oxygens (including phenoxy) is 3. The molecule has 38 heavy (non-hydrogen) atoms. The zero-order valence-electron chi connectivity index (χ0n) is 20.7. The predicted molar refractivity (Wildman–Crippen MR) is 143 cm³/mol. The number of carbonyl (C=O) groups is 3. The molecule has 0 radical (unpaired) electrons. The first kappa shape index (κ1) is 26.9. The summed E-state index contributed by atoms with van der Waals surface area (Å²) < 4.78 is 15.9. The lowest BCUT2D eigenvalue weighted by molar-refractivity contribution is -0.132. The third-order valence-electron chi connectivity index (χ3n) is 5.79. The van der Waals surface area contributed by atoms with E-state index in [0.717, 1.165) is 16.2 Å². The zero-order valence-corrected chi connectivity index (χ0v) is 22.3. The molecule has 1 unspecified atom stereocenters. The van der Waals surface area contributed by atoms with Crippen molar-refractivity contribution in [2.45, 2.75) is 13.0 Å². The van der Waals surface area contributed by atoms with Crippen molar-refractivity contribution in [3.63, 3.8) is 0 Å². The Bertz CT molecular complexity index is 1460. The standard InChI is InChI=1S/C27H23ClN2O7S/c1-5-12-37-26(34)24-14(2)29-27(38-24)30-21(16-8-11-18(35-3)19(13-16)36-4)20(23(32)25(30)33)22(31)15-6-9-17(28)10-7-15/h5-11,13,21,31H,1,12H2,2-4H3/b22-20-. The number of hydrogen-bond donors (Lipinski definition) is 1. The van der Waals surface area contributed by atoms with Crippen molar-refractivity contribution in [1.29, 1.82) is 0 Å². The smallest absolute Gasteiger partial charge is 0.350 e. The third kappa shape index (κ3) is 4.88. The monoisotopic (exact) mass is 554 g/mol. The molecule has 1 aliphatic rings. The minimum atomic E-state index is -1.09. The van der Waals surface area contributed by atoms with Crippen molar-refractivity contribution >= 4 is 51.5 Å². The van der Waals surface area contributed by atoms with E-state index in [1.165, 1.54) is 32.4 Å². The van der Waals surface area contributed by atoms with Gasteiger partial charge >= 0.3 is 11.9 Å². The van der Waals surface area contributed by atoms with Crippen molar-refractivity contribution in [3.8, 4) is 11.5 Å². The minimum Gasteiger partial charge on any atom is -0.507 e. The Morgan fingerprint density at radius 3 is 2.47 bits per heavy atom. The van der Waals surface area contributed by atoms with Crippen LogP contribution in [0.15, 0.2) is 60.7 Å². The first-order valence-corrected chi connectivity index (χ1v) is 12.5. The Morgan fingerprint density at radius 2 is 1.84 bits per heavy atom. The zero-order chi connectivity index (χ0) is 27.6. The van der Waals surface area contributed by atoms with Crippen LogP contribution >= 0.6 is 22.9 Å². The van der Waals surface area contributed by atoms with E-state index in [9.17, 15) is 19.5 Å². The predicted octanol–water partition coefficient (Wildman–Crippen LogP) is 5.09. The molecule has 11 heteroatoms. The van der Waals surface area contributed by atoms with Crippen LogP contribution in [-0.4, -0.2) is 48.6 Å². The first-order valence-electron chi connectivity index (χ1n) is 11.3. The molecular formula is C27H23ClN2O7S. The highest BCUT2D eigenvalue weighted by Gasteiger charge is 2.48. The fourth-order valence-electron chi connectivity index (χ4n) is 4.01. The summed E-state index contributed by atoms with van der Waals surface area (Å²) in [6, 6.07) is 10.00. The van der Waals surface area contributed by atoms with Crippen LogP contribution in [0.25, 0.3) is 5.76 Å². The highest BCUT2D eigenvalue weighted by molar-refractivity contribution is 7.17. The van der Waals surface area contributed by atoms with Crippen LogP contribution in [0.1, 0.15) is 32.5 Å². The van der Waals surface area contributed by atoms with E-state index in [1.807, 2.05) is 0 Å². The number of aliphatic hydroxyl groups excluding tert-OH is 1. The number of Topliss-reactive ketones (excluding diaryl/α,β-unsaturated/α-hetero) is 1. The van der Waals surface area contributed by atoms with Gasteiger partial charge in [-0.1, -0.05) is 41.7 Å². The second kappa shape index (κ2) is 11.1. The van der Waals surface area contributed by atoms with Crippen LogP contribution in [0, 0.1) is 6.92 Å². The quantitative estimate of drug-likeness (QED) is 0.135. The van der Waals surface area contributed by atoms with Crippen LogP contribution in [0.4, 0.5) is 5.13 Å². The van der Waals surface area contributed by atoms with Gasteiger partial charge in [-0.2, -0.15) is 0 Å². The van der Waals surface area contributed by atoms with Gasteiger partial charge in [0.1, 0.15) is 17.2 Å². The summed E-state index contributed by atoms with van der Waals surface area (Å²) in [7, 11) is 2.94. The largest absolute Gasteiger partial charge is 0.507 e. The highest BCUT2D eigenvalue weighted by Crippen LogP contribution is 2.45. The van der Waals surface area contributed by atoms with Crippen LogP contribution in [0.5, 0.6) is 11.5 Å². The van der Waals surface area contributed by atoms with E-state index >= 15 is 0 Å². The van der Waals surface area contributed by atoms with Gasteiger partial charge in [0, 0.05) is 10.6 Å². The molecule has 0 spiro atoms. The molecule has 1 fully saturated rings. The third-order valence-corrected chi connectivity index (χ3v) is 7.18. The molecule has 2 heterocycles. The normalized spacial score (nSPS) is 16.4. The molecule has 9 nitrogen and oxygen atoms in total. The molecule has 1 aromatic heterocycles. The minimum absolute atomic E-state index is 0.00273. The van der Waals surface area contributed by atoms with Crippen LogP contribution in [0.3, 0.4) is 0 Å². The van der Waals surface area contributed by atoms with Gasteiger partial charge in [-0.05, 0) is 48.9 Å². The summed E-state index contributed by atoms with van der Waals surface area (Å²) in [6.45, 7) is 5.12. The van der Waals surface area contributed by atoms with Crippen molar-refractivity contribution in [3.05, 3.63) is 87.4 Å². The van der Waals surface area contributed by atoms with Gasteiger partial charge in [0.05, 0.1) is 31.5 Å². The van der Waals surface area contributed by atoms with Gasteiger partial charge in [0.25, 0.3) is 5.78 Å². The highest BCUT2D eigenvalue weighted by atomic mass is 35.5. The Hall–Kier alpha value is -4.15. The number of thiazole rings is 1. The molecule has 1 aliphatic heterocycles. The average Bonchev–Trinajstić information content (AvgIpc) is 3.43. The topological polar surface area (TPSA) is 115 Å². The number of amides is 1. The lowest BCUT2D eigenvalue weighted by Crippen LogP contribution is -2.29. The lowest BCUT2D eigenvalue weighted by atomic mass is 9.95. The van der Waals surface area contributed by atoms with E-state index in [-0.39, 0.29) is 27.9 Å². The fraction of sp³-hybridized carbons (Fsp3) is 0.185. The molecule has 0 bridgehead atoms. The van der Waals surface area contributed by atoms with E-state index in [0.29, 0.717) is 33.3 Å². The van der Waals surface area contributed by atoms with Crippen molar-refractivity contribution < 1.29 is 33.7 Å². The molecule has 1 N–H and O–H groups in total. The summed E-state index contributed by atoms with van der Waals surface area (Å²) in [6.07, 6.45) is 1.43. The van der Waals surface area contributed by atoms with Crippen LogP contribution in [0.2, 0.25) is 5.02 Å². The van der Waals surface area contributed by atoms with Crippen LogP contribution in [-0.2, 0) is 14.3 Å². The maximum atomic E-state index is 13.4. The van der Waals surface area contributed by atoms with Crippen molar-refractivity contribution in [1.82, 2.24) is 4.98 Å². The van der Waals surface area contributed by atoms with Crippen molar-refractivity contribution in [2.75, 3.05) is 25.7 Å². The van der Waals surface area contributed by atoms with Crippen molar-refractivity contribution in [2.24, 2.45) is 0 Å². The van der Waals surface area contributed by atoms with Gasteiger partial charge in [-0.3, -0.25) is 14.5 Å². The summed E-state index contributed by atoms with van der Waals surface area (Å²) >= 11 is 6.89. The number of rotatable bonds is 8. The Morgan fingerprint density at radius 1 is 1.16 bits per heavy atom. The number of anilines is 1. The second-order valence-corrected chi connectivity index (χ2v) is 9.50. The Labute approximate surface area is 227 Å². The molecule has 0 aliphatic carbocycles. The molecule has 2 aromatic carbocycles. The summed E-state index contributed by atoms with van der Waals surface area (Å²) in [4.78, 5) is 45.1. The first-order chi connectivity index (χ1) is 18.2. The number of aryl methyl sites for hydroxylation is 1. The number of benzene rings is 2. The summed E-state index contributed by atoms with van der Waals surface area (Å²) in [5, 5.41) is 11.8.